The van der Waals surface area contributed by atoms with Crippen LogP contribution in [-0.4, -0.2) is 55.2 Å². The summed E-state index contributed by atoms with van der Waals surface area (Å²) in [6, 6.07) is 21.5. The molecule has 3 aromatic carbocycles. The number of nitrogens with zero attached hydrogens (tertiary/aromatic N) is 2. The lowest BCUT2D eigenvalue weighted by Crippen LogP contribution is -2.52. The van der Waals surface area contributed by atoms with Crippen LogP contribution in [-0.2, 0) is 15.1 Å². The number of ether oxygens (including phenoxy) is 2. The minimum Gasteiger partial charge on any atom is -0.497 e. The molecule has 0 aliphatic carbocycles. The lowest BCUT2D eigenvalue weighted by molar-refractivity contribution is -0.146. The van der Waals surface area contributed by atoms with E-state index in [2.05, 4.69) is 70.2 Å². The summed E-state index contributed by atoms with van der Waals surface area (Å²) in [6.07, 6.45) is 6.35. The lowest BCUT2D eigenvalue weighted by Gasteiger charge is -2.37. The number of methoxy groups -OCH3 is 1. The molecule has 1 amide bonds. The van der Waals surface area contributed by atoms with Crippen LogP contribution in [0.25, 0.3) is 16.6 Å². The topological polar surface area (TPSA) is 96.8 Å². The van der Waals surface area contributed by atoms with Gasteiger partial charge < -0.3 is 19.5 Å². The van der Waals surface area contributed by atoms with Crippen molar-refractivity contribution in [3.8, 4) is 11.4 Å². The number of aromatic nitrogens is 2. The summed E-state index contributed by atoms with van der Waals surface area (Å²) in [7, 11) is -0.657. The van der Waals surface area contributed by atoms with Gasteiger partial charge in [0.15, 0.2) is 5.60 Å². The van der Waals surface area contributed by atoms with Gasteiger partial charge in [0.2, 0.25) is 0 Å². The molecule has 0 radical (unpaired) electrons. The fraction of sp³-hybridized carbons (Fsp3) is 0.400. The molecule has 0 unspecified atom stereocenters. The molecular formula is C40H49N3O5Si. The van der Waals surface area contributed by atoms with Gasteiger partial charge in [-0.25, -0.2) is 4.68 Å². The molecule has 2 aliphatic heterocycles. The maximum Gasteiger partial charge on any atom is 0.279 e. The SMILES string of the molecule is COc1ccc([Si](C)(C)[C@H]2[C@H](CCO)O[C@@]3(C(=O)N(C/C=C(\C)CCC=C(C)C)c4ccc(-n5[nH]c6ccccc6c5=O)cc43)[C@@H]2C)cc1. The van der Waals surface area contributed by atoms with Crippen molar-refractivity contribution in [3.05, 3.63) is 106 Å². The number of carbonyl (C=O) groups is 1. The summed E-state index contributed by atoms with van der Waals surface area (Å²) < 4.78 is 14.1. The normalized spacial score (nSPS) is 22.3. The zero-order valence-electron chi connectivity index (χ0n) is 29.7. The first-order valence-corrected chi connectivity index (χ1v) is 20.4. The van der Waals surface area contributed by atoms with Crippen LogP contribution < -0.4 is 20.4 Å². The average molecular weight is 680 g/mol. The highest BCUT2D eigenvalue weighted by atomic mass is 28.3. The van der Waals surface area contributed by atoms with Crippen LogP contribution in [0.4, 0.5) is 5.69 Å². The van der Waals surface area contributed by atoms with Gasteiger partial charge in [-0.05, 0) is 88.0 Å². The highest BCUT2D eigenvalue weighted by molar-refractivity contribution is 6.91. The number of aliphatic hydroxyl groups is 1. The number of fused-ring (bicyclic) bond motifs is 3. The number of para-hydroxylation sites is 1. The monoisotopic (exact) mass is 679 g/mol. The molecule has 1 saturated heterocycles. The predicted octanol–water partition coefficient (Wildman–Crippen LogP) is 6.97. The van der Waals surface area contributed by atoms with Gasteiger partial charge in [0, 0.05) is 24.6 Å². The van der Waals surface area contributed by atoms with E-state index in [9.17, 15) is 9.90 Å². The molecule has 4 atom stereocenters. The van der Waals surface area contributed by atoms with Crippen molar-refractivity contribution < 1.29 is 19.4 Å². The average Bonchev–Trinajstić information content (AvgIpc) is 3.66. The fourth-order valence-corrected chi connectivity index (χ4v) is 12.3. The number of carbonyl (C=O) groups excluding carboxylic acids is 1. The fourth-order valence-electron chi connectivity index (χ4n) is 8.20. The van der Waals surface area contributed by atoms with Gasteiger partial charge in [-0.15, -0.1) is 0 Å². The molecule has 49 heavy (non-hydrogen) atoms. The van der Waals surface area contributed by atoms with Gasteiger partial charge in [0.1, 0.15) is 5.75 Å². The van der Waals surface area contributed by atoms with Gasteiger partial charge in [0.05, 0.1) is 43.6 Å². The van der Waals surface area contributed by atoms with Gasteiger partial charge >= 0.3 is 0 Å². The zero-order chi connectivity index (χ0) is 35.1. The number of hydrogen-bond acceptors (Lipinski definition) is 5. The largest absolute Gasteiger partial charge is 0.497 e. The lowest BCUT2D eigenvalue weighted by atomic mass is 9.82. The van der Waals surface area contributed by atoms with Gasteiger partial charge in [-0.3, -0.25) is 14.7 Å². The Kier molecular flexibility index (Phi) is 9.63. The molecule has 0 saturated carbocycles. The van der Waals surface area contributed by atoms with E-state index in [1.165, 1.54) is 16.3 Å². The number of hydrogen-bond donors (Lipinski definition) is 2. The third kappa shape index (κ3) is 6.02. The second-order valence-corrected chi connectivity index (χ2v) is 19.1. The van der Waals surface area contributed by atoms with Crippen LogP contribution in [0.2, 0.25) is 18.6 Å². The zero-order valence-corrected chi connectivity index (χ0v) is 30.7. The Morgan fingerprint density at radius 1 is 1.04 bits per heavy atom. The quantitative estimate of drug-likeness (QED) is 0.132. The standard InChI is InChI=1S/C40H49N3O5Si/c1-26(2)11-10-12-27(3)21-23-42-35-20-15-29(43-38(45)32-13-8-9-14-34(32)41-43)25-33(35)40(39(42)46)28(4)37(36(48-40)22-24-44)49(6,7)31-18-16-30(47-5)17-19-31/h8-9,11,13-21,25,28,36-37,41,44H,10,12,22-24H2,1-7H3/b27-21+/t28-,36+,37-,40+/m1/s1. The van der Waals surface area contributed by atoms with E-state index in [1.54, 1.807) is 11.8 Å². The number of aliphatic hydroxyl groups excluding tert-OH is 1. The van der Waals surface area contributed by atoms with Crippen molar-refractivity contribution in [2.24, 2.45) is 5.92 Å². The third-order valence-electron chi connectivity index (χ3n) is 10.8. The first-order valence-electron chi connectivity index (χ1n) is 17.3. The Labute approximate surface area is 290 Å². The summed E-state index contributed by atoms with van der Waals surface area (Å²) in [5.41, 5.74) is 4.07. The van der Waals surface area contributed by atoms with Crippen LogP contribution in [0.5, 0.6) is 5.75 Å². The van der Waals surface area contributed by atoms with E-state index < -0.39 is 13.7 Å². The first-order chi connectivity index (χ1) is 23.4. The van der Waals surface area contributed by atoms with Gasteiger partial charge in [0.25, 0.3) is 11.5 Å². The summed E-state index contributed by atoms with van der Waals surface area (Å²) in [6.45, 7) is 13.5. The predicted molar refractivity (Wildman–Crippen MR) is 200 cm³/mol. The Hall–Kier alpha value is -4.18. The van der Waals surface area contributed by atoms with Crippen molar-refractivity contribution in [2.75, 3.05) is 25.2 Å². The van der Waals surface area contributed by atoms with E-state index in [0.29, 0.717) is 24.0 Å². The molecule has 1 fully saturated rings. The maximum absolute atomic E-state index is 15.0. The third-order valence-corrected chi connectivity index (χ3v) is 15.2. The number of amides is 1. The summed E-state index contributed by atoms with van der Waals surface area (Å²) in [5, 5.41) is 15.4. The number of aromatic amines is 1. The summed E-state index contributed by atoms with van der Waals surface area (Å²) >= 11 is 0. The molecule has 1 spiro atoms. The number of benzene rings is 3. The molecule has 258 valence electrons. The Balaban J connectivity index is 1.47. The first kappa shape index (κ1) is 34.7. The Morgan fingerprint density at radius 3 is 2.45 bits per heavy atom. The van der Waals surface area contributed by atoms with Crippen LogP contribution >= 0.6 is 0 Å². The maximum atomic E-state index is 15.0. The summed E-state index contributed by atoms with van der Waals surface area (Å²) in [4.78, 5) is 30.4. The number of H-pyrrole nitrogens is 1. The highest BCUT2D eigenvalue weighted by Crippen LogP contribution is 2.60. The minimum atomic E-state index is -2.32. The Bertz CT molecular complexity index is 1970. The van der Waals surface area contributed by atoms with E-state index in [4.69, 9.17) is 9.47 Å². The molecule has 4 aromatic rings. The summed E-state index contributed by atoms with van der Waals surface area (Å²) in [5.74, 6) is 0.503. The number of anilines is 1. The van der Waals surface area contributed by atoms with Crippen LogP contribution in [0.1, 0.15) is 52.5 Å². The second-order valence-electron chi connectivity index (χ2n) is 14.5. The van der Waals surface area contributed by atoms with Crippen molar-refractivity contribution >= 4 is 35.8 Å². The van der Waals surface area contributed by atoms with Crippen molar-refractivity contribution in [1.29, 1.82) is 0 Å². The van der Waals surface area contributed by atoms with Crippen molar-refractivity contribution in [3.63, 3.8) is 0 Å². The molecule has 9 heteroatoms. The van der Waals surface area contributed by atoms with E-state index >= 15 is 4.79 Å². The van der Waals surface area contributed by atoms with E-state index in [0.717, 1.165) is 35.4 Å². The Morgan fingerprint density at radius 2 is 1.78 bits per heavy atom. The number of nitrogens with one attached hydrogen (secondary N) is 1. The molecule has 3 heterocycles. The van der Waals surface area contributed by atoms with Crippen molar-refractivity contribution in [1.82, 2.24) is 9.78 Å². The van der Waals surface area contributed by atoms with Crippen LogP contribution in [0.15, 0.2) is 94.8 Å². The van der Waals surface area contributed by atoms with E-state index in [1.807, 2.05) is 59.5 Å². The van der Waals surface area contributed by atoms with E-state index in [-0.39, 0.29) is 35.6 Å². The molecule has 6 rings (SSSR count). The molecule has 2 aliphatic rings. The molecule has 1 aromatic heterocycles. The molecule has 2 N–H and O–H groups in total. The highest BCUT2D eigenvalue weighted by Gasteiger charge is 2.66. The van der Waals surface area contributed by atoms with Crippen LogP contribution in [0.3, 0.4) is 0 Å². The second kappa shape index (κ2) is 13.6. The molecular weight excluding hydrogens is 631 g/mol. The minimum absolute atomic E-state index is 0.0191. The van der Waals surface area contributed by atoms with Gasteiger partial charge in [-0.2, -0.15) is 0 Å². The van der Waals surface area contributed by atoms with Crippen LogP contribution in [0, 0.1) is 5.92 Å². The molecule has 8 nitrogen and oxygen atoms in total. The van der Waals surface area contributed by atoms with Crippen molar-refractivity contribution in [2.45, 2.75) is 77.3 Å². The molecule has 0 bridgehead atoms. The number of allylic oxidation sites excluding steroid dienone is 3. The smallest absolute Gasteiger partial charge is 0.279 e. The number of rotatable bonds is 11. The van der Waals surface area contributed by atoms with Gasteiger partial charge in [-0.1, -0.05) is 72.8 Å².